The van der Waals surface area contributed by atoms with Crippen LogP contribution < -0.4 is 16.4 Å². The third kappa shape index (κ3) is 5.94. The summed E-state index contributed by atoms with van der Waals surface area (Å²) in [6, 6.07) is 20.1. The highest BCUT2D eigenvalue weighted by molar-refractivity contribution is 5.93. The maximum Gasteiger partial charge on any atom is 0.224 e. The Morgan fingerprint density at radius 2 is 1.68 bits per heavy atom. The van der Waals surface area contributed by atoms with Crippen LogP contribution in [-0.4, -0.2) is 29.0 Å². The van der Waals surface area contributed by atoms with Crippen molar-refractivity contribution in [2.75, 3.05) is 5.32 Å². The van der Waals surface area contributed by atoms with Gasteiger partial charge in [-0.05, 0) is 48.8 Å². The molecule has 0 aliphatic heterocycles. The predicted molar refractivity (Wildman–Crippen MR) is 148 cm³/mol. The van der Waals surface area contributed by atoms with E-state index in [4.69, 9.17) is 10.7 Å². The maximum atomic E-state index is 13.5. The van der Waals surface area contributed by atoms with Crippen molar-refractivity contribution in [3.8, 4) is 22.4 Å². The lowest BCUT2D eigenvalue weighted by atomic mass is 9.71. The van der Waals surface area contributed by atoms with Crippen LogP contribution >= 0.6 is 0 Å². The molecule has 2 aliphatic carbocycles. The molecule has 38 heavy (non-hydrogen) atoms. The van der Waals surface area contributed by atoms with E-state index in [1.807, 2.05) is 60.7 Å². The molecule has 0 bridgehead atoms. The normalized spacial score (nSPS) is 24.8. The second kappa shape index (κ2) is 11.0. The molecule has 1 aromatic heterocycles. The Kier molecular flexibility index (Phi) is 7.56. The zero-order valence-electron chi connectivity index (χ0n) is 21.8. The lowest BCUT2D eigenvalue weighted by Gasteiger charge is -2.41. The number of nitrogens with one attached hydrogen (secondary N) is 2. The number of amides is 2. The number of carbonyl (C=O) groups is 2. The molecule has 2 fully saturated rings. The number of hydrogen-bond donors (Lipinski definition) is 3. The van der Waals surface area contributed by atoms with E-state index in [1.165, 1.54) is 0 Å². The van der Waals surface area contributed by atoms with Gasteiger partial charge in [0.15, 0.2) is 0 Å². The number of hydrogen-bond acceptors (Lipinski definition) is 4. The first-order valence-corrected chi connectivity index (χ1v) is 13.5. The van der Waals surface area contributed by atoms with Gasteiger partial charge in [0.1, 0.15) is 6.17 Å². The van der Waals surface area contributed by atoms with E-state index in [1.54, 1.807) is 13.1 Å². The molecule has 198 valence electrons. The van der Waals surface area contributed by atoms with Crippen molar-refractivity contribution in [1.29, 1.82) is 0 Å². The summed E-state index contributed by atoms with van der Waals surface area (Å²) in [6.07, 6.45) is 5.70. The van der Waals surface area contributed by atoms with E-state index in [9.17, 15) is 14.0 Å². The van der Waals surface area contributed by atoms with Gasteiger partial charge < -0.3 is 16.4 Å². The number of benzene rings is 2. The van der Waals surface area contributed by atoms with Crippen LogP contribution in [0, 0.1) is 5.92 Å². The number of pyridine rings is 1. The van der Waals surface area contributed by atoms with E-state index in [-0.39, 0.29) is 17.9 Å². The summed E-state index contributed by atoms with van der Waals surface area (Å²) in [5, 5.41) is 6.03. The first-order valence-electron chi connectivity index (χ1n) is 13.5. The summed E-state index contributed by atoms with van der Waals surface area (Å²) in [5.74, 6) is 0.295. The van der Waals surface area contributed by atoms with Crippen LogP contribution in [0.15, 0.2) is 66.9 Å². The fourth-order valence-electron chi connectivity index (χ4n) is 5.80. The summed E-state index contributed by atoms with van der Waals surface area (Å²) in [6.45, 7) is 1.55. The van der Waals surface area contributed by atoms with E-state index < -0.39 is 11.7 Å². The van der Waals surface area contributed by atoms with Crippen LogP contribution in [0.5, 0.6) is 0 Å². The minimum Gasteiger partial charge on any atom is -0.354 e. The summed E-state index contributed by atoms with van der Waals surface area (Å²) in [7, 11) is 0. The molecule has 2 aromatic carbocycles. The second-order valence-electron chi connectivity index (χ2n) is 10.9. The smallest absolute Gasteiger partial charge is 0.224 e. The molecule has 2 amide bonds. The monoisotopic (exact) mass is 514 g/mol. The number of aromatic nitrogens is 1. The van der Waals surface area contributed by atoms with Gasteiger partial charge in [-0.1, -0.05) is 54.6 Å². The lowest BCUT2D eigenvalue weighted by molar-refractivity contribution is -0.120. The summed E-state index contributed by atoms with van der Waals surface area (Å²) < 4.78 is 13.5. The average Bonchev–Trinajstić information content (AvgIpc) is 2.89. The third-order valence-corrected chi connectivity index (χ3v) is 7.89. The Morgan fingerprint density at radius 1 is 1.00 bits per heavy atom. The molecule has 0 saturated heterocycles. The summed E-state index contributed by atoms with van der Waals surface area (Å²) >= 11 is 0. The summed E-state index contributed by atoms with van der Waals surface area (Å²) in [5.41, 5.74) is 11.0. The van der Waals surface area contributed by atoms with Crippen LogP contribution in [0.3, 0.4) is 0 Å². The largest absolute Gasteiger partial charge is 0.354 e. The van der Waals surface area contributed by atoms with Gasteiger partial charge in [-0.25, -0.2) is 4.39 Å². The molecular weight excluding hydrogens is 479 g/mol. The third-order valence-electron chi connectivity index (χ3n) is 7.89. The molecule has 0 radical (unpaired) electrons. The van der Waals surface area contributed by atoms with Crippen molar-refractivity contribution >= 4 is 17.5 Å². The number of carbonyl (C=O) groups excluding carboxylic acids is 2. The average molecular weight is 515 g/mol. The highest BCUT2D eigenvalue weighted by Gasteiger charge is 2.42. The molecular formula is C31H35FN4O2. The maximum absolute atomic E-state index is 13.5. The van der Waals surface area contributed by atoms with Gasteiger partial charge in [-0.2, -0.15) is 0 Å². The van der Waals surface area contributed by atoms with Crippen LogP contribution in [0.4, 0.5) is 10.1 Å². The highest BCUT2D eigenvalue weighted by Crippen LogP contribution is 2.42. The molecule has 0 atom stereocenters. The molecule has 7 heteroatoms. The number of nitrogens with two attached hydrogens (primary N) is 1. The predicted octanol–water partition coefficient (Wildman–Crippen LogP) is 5.73. The van der Waals surface area contributed by atoms with Crippen molar-refractivity contribution in [2.45, 2.75) is 69.6 Å². The Morgan fingerprint density at radius 3 is 2.32 bits per heavy atom. The van der Waals surface area contributed by atoms with Gasteiger partial charge >= 0.3 is 0 Å². The van der Waals surface area contributed by atoms with Crippen LogP contribution in [0.2, 0.25) is 0 Å². The highest BCUT2D eigenvalue weighted by atomic mass is 19.1. The van der Waals surface area contributed by atoms with E-state index >= 15 is 0 Å². The standard InChI is InChI=1S/C31H35FN4O2/c1-20(37)35-26-13-7-21(8-14-26)15-29(38)36-27-16-28(22-5-3-2-4-6-22)30(34-19-27)23-9-11-24(12-10-23)31(33)17-25(32)18-31/h2-6,9-12,16,19,21,25-26H,7-8,13-15,17-18,33H2,1H3,(H,35,37)(H,36,38)/t21-,25?,26-,31?. The van der Waals surface area contributed by atoms with Crippen molar-refractivity contribution in [1.82, 2.24) is 10.3 Å². The topological polar surface area (TPSA) is 97.1 Å². The van der Waals surface area contributed by atoms with Gasteiger partial charge in [-0.15, -0.1) is 0 Å². The quantitative estimate of drug-likeness (QED) is 0.375. The van der Waals surface area contributed by atoms with Crippen molar-refractivity contribution < 1.29 is 14.0 Å². The molecule has 5 rings (SSSR count). The van der Waals surface area contributed by atoms with Crippen LogP contribution in [-0.2, 0) is 15.1 Å². The Labute approximate surface area is 223 Å². The lowest BCUT2D eigenvalue weighted by Crippen LogP contribution is -2.50. The van der Waals surface area contributed by atoms with Gasteiger partial charge in [0, 0.05) is 48.9 Å². The van der Waals surface area contributed by atoms with E-state index in [2.05, 4.69) is 10.6 Å². The van der Waals surface area contributed by atoms with Gasteiger partial charge in [0.05, 0.1) is 17.6 Å². The van der Waals surface area contributed by atoms with Gasteiger partial charge in [0.25, 0.3) is 0 Å². The van der Waals surface area contributed by atoms with Crippen molar-refractivity contribution in [3.63, 3.8) is 0 Å². The molecule has 2 saturated carbocycles. The molecule has 1 heterocycles. The summed E-state index contributed by atoms with van der Waals surface area (Å²) in [4.78, 5) is 28.9. The minimum atomic E-state index is -0.826. The number of nitrogens with zero attached hydrogens (tertiary/aromatic N) is 1. The molecule has 6 nitrogen and oxygen atoms in total. The SMILES string of the molecule is CC(=O)N[C@H]1CC[C@H](CC(=O)Nc2cnc(-c3ccc(C4(N)CC(F)C4)cc3)c(-c3ccccc3)c2)CC1. The zero-order valence-corrected chi connectivity index (χ0v) is 21.8. The number of halogens is 1. The fraction of sp³-hybridized carbons (Fsp3) is 0.387. The fourth-order valence-corrected chi connectivity index (χ4v) is 5.80. The number of rotatable bonds is 7. The Bertz CT molecular complexity index is 1280. The molecule has 0 unspecified atom stereocenters. The minimum absolute atomic E-state index is 0.00361. The van der Waals surface area contributed by atoms with Gasteiger partial charge in [0.2, 0.25) is 11.8 Å². The van der Waals surface area contributed by atoms with Gasteiger partial charge in [-0.3, -0.25) is 14.6 Å². The van der Waals surface area contributed by atoms with E-state index in [0.29, 0.717) is 30.9 Å². The number of alkyl halides is 1. The molecule has 2 aliphatic rings. The molecule has 0 spiro atoms. The Balaban J connectivity index is 1.31. The molecule has 4 N–H and O–H groups in total. The first kappa shape index (κ1) is 26.0. The first-order chi connectivity index (χ1) is 18.3. The Hall–Kier alpha value is -3.58. The number of anilines is 1. The molecule has 3 aromatic rings. The second-order valence-corrected chi connectivity index (χ2v) is 10.9. The zero-order chi connectivity index (χ0) is 26.7. The van der Waals surface area contributed by atoms with Crippen LogP contribution in [0.25, 0.3) is 22.4 Å². The van der Waals surface area contributed by atoms with E-state index in [0.717, 1.165) is 53.6 Å². The van der Waals surface area contributed by atoms with Crippen molar-refractivity contribution in [2.24, 2.45) is 11.7 Å². The van der Waals surface area contributed by atoms with Crippen molar-refractivity contribution in [3.05, 3.63) is 72.4 Å². The van der Waals surface area contributed by atoms with Crippen LogP contribution in [0.1, 0.15) is 57.4 Å².